The summed E-state index contributed by atoms with van der Waals surface area (Å²) < 4.78 is 0. The number of unbranched alkanes of at least 4 members (excludes halogenated alkanes) is 2. The zero-order valence-electron chi connectivity index (χ0n) is 4.55. The number of halogens is 1. The molecule has 0 radical (unpaired) electrons. The van der Waals surface area contributed by atoms with Gasteiger partial charge >= 0.3 is 0 Å². The maximum absolute atomic E-state index is 3.68. The fourth-order valence-electron chi connectivity index (χ4n) is 0.250. The molecule has 0 amide bonds. The molecule has 0 aliphatic carbocycles. The quantitative estimate of drug-likeness (QED) is 0.489. The molecule has 0 N–H and O–H groups in total. The second-order valence-electron chi connectivity index (χ2n) is 1.21. The van der Waals surface area contributed by atoms with E-state index >= 15 is 0 Å². The van der Waals surface area contributed by atoms with Crippen LogP contribution in [0.3, 0.4) is 0 Å². The number of hydrogen-bond acceptors (Lipinski definition) is 0. The SMILES string of the molecule is Cl.[CH2-]CCCC.[Pd]. The van der Waals surface area contributed by atoms with E-state index in [1.165, 1.54) is 12.8 Å². The first-order valence-electron chi connectivity index (χ1n) is 2.21. The van der Waals surface area contributed by atoms with Crippen molar-refractivity contribution in [2.75, 3.05) is 0 Å². The minimum atomic E-state index is 0. The first kappa shape index (κ1) is 15.7. The molecule has 0 saturated carbocycles. The average molecular weight is 214 g/mol. The van der Waals surface area contributed by atoms with Gasteiger partial charge < -0.3 is 6.92 Å². The third kappa shape index (κ3) is 19.6. The van der Waals surface area contributed by atoms with Crippen LogP contribution < -0.4 is 0 Å². The Bertz CT molecular complexity index is 15.6. The summed E-state index contributed by atoms with van der Waals surface area (Å²) in [6, 6.07) is 0. The van der Waals surface area contributed by atoms with Gasteiger partial charge in [0.25, 0.3) is 0 Å². The van der Waals surface area contributed by atoms with E-state index < -0.39 is 0 Å². The first-order chi connectivity index (χ1) is 2.41. The van der Waals surface area contributed by atoms with Crippen LogP contribution in [-0.4, -0.2) is 0 Å². The summed E-state index contributed by atoms with van der Waals surface area (Å²) in [5, 5.41) is 0. The van der Waals surface area contributed by atoms with Gasteiger partial charge in [-0.3, -0.25) is 0 Å². The zero-order valence-corrected chi connectivity index (χ0v) is 6.92. The fraction of sp³-hybridized carbons (Fsp3) is 0.800. The van der Waals surface area contributed by atoms with E-state index in [-0.39, 0.29) is 32.8 Å². The molecule has 0 aromatic carbocycles. The third-order valence-corrected chi connectivity index (χ3v) is 0.604. The van der Waals surface area contributed by atoms with Crippen molar-refractivity contribution in [1.82, 2.24) is 0 Å². The molecular weight excluding hydrogens is 202 g/mol. The summed E-state index contributed by atoms with van der Waals surface area (Å²) >= 11 is 0. The summed E-state index contributed by atoms with van der Waals surface area (Å²) in [6.07, 6.45) is 3.65. The Hall–Kier alpha value is 0.952. The molecule has 0 heterocycles. The van der Waals surface area contributed by atoms with Crippen LogP contribution in [0, 0.1) is 6.92 Å². The van der Waals surface area contributed by atoms with Crippen molar-refractivity contribution in [3.8, 4) is 0 Å². The molecule has 0 fully saturated rings. The molecule has 0 rings (SSSR count). The maximum atomic E-state index is 3.68. The van der Waals surface area contributed by atoms with Gasteiger partial charge in [-0.15, -0.1) is 12.4 Å². The Morgan fingerprint density at radius 2 is 1.86 bits per heavy atom. The predicted octanol–water partition coefficient (Wildman–Crippen LogP) is 2.43. The van der Waals surface area contributed by atoms with Crippen molar-refractivity contribution in [2.45, 2.75) is 26.2 Å². The standard InChI is InChI=1S/C5H11.ClH.Pd/c1-3-5-4-2;;/h1,3-5H2,2H3;1H;/q-1;;. The van der Waals surface area contributed by atoms with Crippen molar-refractivity contribution in [3.05, 3.63) is 6.92 Å². The van der Waals surface area contributed by atoms with Gasteiger partial charge in [-0.2, -0.15) is 6.42 Å². The van der Waals surface area contributed by atoms with Gasteiger partial charge in [0.15, 0.2) is 0 Å². The second-order valence-corrected chi connectivity index (χ2v) is 1.21. The third-order valence-electron chi connectivity index (χ3n) is 0.604. The van der Waals surface area contributed by atoms with Crippen LogP contribution in [0.2, 0.25) is 0 Å². The van der Waals surface area contributed by atoms with Gasteiger partial charge in [0.2, 0.25) is 0 Å². The molecule has 7 heavy (non-hydrogen) atoms. The van der Waals surface area contributed by atoms with Crippen molar-refractivity contribution >= 4 is 12.4 Å². The number of hydrogen-bond donors (Lipinski definition) is 0. The van der Waals surface area contributed by atoms with E-state index in [4.69, 9.17) is 0 Å². The largest absolute Gasteiger partial charge is 0.343 e. The van der Waals surface area contributed by atoms with Crippen LogP contribution in [-0.2, 0) is 20.4 Å². The van der Waals surface area contributed by atoms with Crippen LogP contribution in [0.5, 0.6) is 0 Å². The van der Waals surface area contributed by atoms with E-state index in [0.717, 1.165) is 6.42 Å². The molecule has 0 saturated heterocycles. The van der Waals surface area contributed by atoms with Gasteiger partial charge in [0, 0.05) is 20.4 Å². The summed E-state index contributed by atoms with van der Waals surface area (Å²) in [6.45, 7) is 5.85. The normalized spacial score (nSPS) is 6.00. The molecule has 2 heteroatoms. The molecule has 0 unspecified atom stereocenters. The van der Waals surface area contributed by atoms with Crippen molar-refractivity contribution < 1.29 is 20.4 Å². The Balaban J connectivity index is -0.0000000800. The molecule has 0 nitrogen and oxygen atoms in total. The van der Waals surface area contributed by atoms with Crippen LogP contribution in [0.4, 0.5) is 0 Å². The van der Waals surface area contributed by atoms with Crippen LogP contribution in [0.25, 0.3) is 0 Å². The van der Waals surface area contributed by atoms with Gasteiger partial charge in [0.1, 0.15) is 0 Å². The van der Waals surface area contributed by atoms with Crippen molar-refractivity contribution in [3.63, 3.8) is 0 Å². The Labute approximate surface area is 66.1 Å². The Morgan fingerprint density at radius 1 is 1.43 bits per heavy atom. The molecule has 0 spiro atoms. The smallest absolute Gasteiger partial charge is 0 e. The van der Waals surface area contributed by atoms with E-state index in [9.17, 15) is 0 Å². The molecule has 0 bridgehead atoms. The predicted molar refractivity (Wildman–Crippen MR) is 32.1 cm³/mol. The van der Waals surface area contributed by atoms with E-state index in [1.807, 2.05) is 0 Å². The average Bonchev–Trinajstić information content (AvgIpc) is 1.41. The second kappa shape index (κ2) is 15.8. The van der Waals surface area contributed by atoms with Crippen LogP contribution >= 0.6 is 12.4 Å². The molecule has 0 atom stereocenters. The fourth-order valence-corrected chi connectivity index (χ4v) is 0.250. The Kier molecular flexibility index (Phi) is 35.3. The van der Waals surface area contributed by atoms with Gasteiger partial charge in [-0.25, -0.2) is 0 Å². The van der Waals surface area contributed by atoms with Gasteiger partial charge in [-0.1, -0.05) is 19.8 Å². The zero-order chi connectivity index (χ0) is 4.12. The molecule has 0 aromatic heterocycles. The summed E-state index contributed by atoms with van der Waals surface area (Å²) in [7, 11) is 0. The minimum absolute atomic E-state index is 0. The summed E-state index contributed by atoms with van der Waals surface area (Å²) in [5.74, 6) is 0. The van der Waals surface area contributed by atoms with Gasteiger partial charge in [0.05, 0.1) is 0 Å². The maximum Gasteiger partial charge on any atom is 0 e. The van der Waals surface area contributed by atoms with Crippen LogP contribution in [0.15, 0.2) is 0 Å². The molecule has 0 aliphatic rings. The van der Waals surface area contributed by atoms with E-state index in [0.29, 0.717) is 0 Å². The first-order valence-corrected chi connectivity index (χ1v) is 2.21. The van der Waals surface area contributed by atoms with Crippen LogP contribution in [0.1, 0.15) is 26.2 Å². The Morgan fingerprint density at radius 3 is 1.86 bits per heavy atom. The monoisotopic (exact) mass is 213 g/mol. The van der Waals surface area contributed by atoms with Crippen molar-refractivity contribution in [2.24, 2.45) is 0 Å². The summed E-state index contributed by atoms with van der Waals surface area (Å²) in [5.41, 5.74) is 0. The molecule has 0 aliphatic heterocycles. The topological polar surface area (TPSA) is 0 Å². The molecule has 50 valence electrons. The molecule has 0 aromatic rings. The van der Waals surface area contributed by atoms with Gasteiger partial charge in [-0.05, 0) is 0 Å². The van der Waals surface area contributed by atoms with E-state index in [1.54, 1.807) is 0 Å². The van der Waals surface area contributed by atoms with Crippen molar-refractivity contribution in [1.29, 1.82) is 0 Å². The summed E-state index contributed by atoms with van der Waals surface area (Å²) in [4.78, 5) is 0. The molecular formula is C5H12ClPd-. The van der Waals surface area contributed by atoms with E-state index in [2.05, 4.69) is 13.8 Å². The number of rotatable bonds is 2. The minimum Gasteiger partial charge on any atom is -0.343 e.